The summed E-state index contributed by atoms with van der Waals surface area (Å²) in [5.74, 6) is 0.919. The highest BCUT2D eigenvalue weighted by atomic mass is 16.5. The number of hydrogen-bond donors (Lipinski definition) is 0. The summed E-state index contributed by atoms with van der Waals surface area (Å²) in [6.07, 6.45) is 8.09. The van der Waals surface area contributed by atoms with Gasteiger partial charge in [-0.2, -0.15) is 0 Å². The summed E-state index contributed by atoms with van der Waals surface area (Å²) in [5, 5.41) is 0. The Labute approximate surface area is 115 Å². The van der Waals surface area contributed by atoms with Crippen molar-refractivity contribution >= 4 is 11.5 Å². The maximum atomic E-state index is 11.8. The fourth-order valence-electron chi connectivity index (χ4n) is 2.40. The summed E-state index contributed by atoms with van der Waals surface area (Å²) in [5.41, 5.74) is 0.995. The van der Waals surface area contributed by atoms with Gasteiger partial charge in [-0.25, -0.2) is 0 Å². The van der Waals surface area contributed by atoms with Crippen molar-refractivity contribution in [2.75, 3.05) is 0 Å². The molecule has 2 heteroatoms. The molecule has 1 aromatic carbocycles. The highest BCUT2D eigenvalue weighted by Gasteiger charge is 2.22. The summed E-state index contributed by atoms with van der Waals surface area (Å²) >= 11 is 0. The summed E-state index contributed by atoms with van der Waals surface area (Å²) in [4.78, 5) is 11.8. The van der Waals surface area contributed by atoms with E-state index in [-0.39, 0.29) is 11.9 Å². The van der Waals surface area contributed by atoms with Crippen molar-refractivity contribution in [2.24, 2.45) is 0 Å². The molecule has 1 aromatic rings. The highest BCUT2D eigenvalue weighted by molar-refractivity contribution is 5.97. The zero-order valence-corrected chi connectivity index (χ0v) is 11.6. The Bertz CT molecular complexity index is 434. The topological polar surface area (TPSA) is 26.3 Å². The van der Waals surface area contributed by atoms with Gasteiger partial charge in [-0.3, -0.25) is 4.79 Å². The second-order valence-corrected chi connectivity index (χ2v) is 5.13. The van der Waals surface area contributed by atoms with Crippen LogP contribution in [0.15, 0.2) is 36.4 Å². The van der Waals surface area contributed by atoms with Crippen LogP contribution in [0.2, 0.25) is 0 Å². The average molecular weight is 258 g/mol. The predicted octanol–water partition coefficient (Wildman–Crippen LogP) is 4.36. The Morgan fingerprint density at radius 3 is 2.68 bits per heavy atom. The molecule has 102 valence electrons. The second kappa shape index (κ2) is 7.13. The molecule has 1 atom stereocenters. The summed E-state index contributed by atoms with van der Waals surface area (Å²) < 4.78 is 5.96. The first-order valence-electron chi connectivity index (χ1n) is 7.26. The zero-order chi connectivity index (χ0) is 13.5. The predicted molar refractivity (Wildman–Crippen MR) is 77.7 cm³/mol. The van der Waals surface area contributed by atoms with Crippen LogP contribution in [0.3, 0.4) is 0 Å². The highest BCUT2D eigenvalue weighted by Crippen LogP contribution is 2.26. The smallest absolute Gasteiger partial charge is 0.163 e. The Morgan fingerprint density at radius 1 is 1.16 bits per heavy atom. The van der Waals surface area contributed by atoms with Gasteiger partial charge in [-0.15, -0.1) is 0 Å². The SMILES string of the molecule is CCCCCCC1CC(=O)C=C(c2ccccc2)O1. The van der Waals surface area contributed by atoms with Gasteiger partial charge in [0.05, 0.1) is 0 Å². The van der Waals surface area contributed by atoms with Crippen LogP contribution < -0.4 is 0 Å². The lowest BCUT2D eigenvalue weighted by molar-refractivity contribution is -0.117. The van der Waals surface area contributed by atoms with E-state index in [1.165, 1.54) is 19.3 Å². The Kier molecular flexibility index (Phi) is 5.20. The lowest BCUT2D eigenvalue weighted by Crippen LogP contribution is -2.21. The van der Waals surface area contributed by atoms with Gasteiger partial charge in [0.15, 0.2) is 5.78 Å². The fourth-order valence-corrected chi connectivity index (χ4v) is 2.40. The number of carbonyl (C=O) groups excluding carboxylic acids is 1. The third-order valence-corrected chi connectivity index (χ3v) is 3.45. The number of ether oxygens (including phenoxy) is 1. The third-order valence-electron chi connectivity index (χ3n) is 3.45. The molecule has 0 amide bonds. The molecule has 0 N–H and O–H groups in total. The van der Waals surface area contributed by atoms with E-state index in [0.29, 0.717) is 6.42 Å². The molecule has 0 saturated carbocycles. The Balaban J connectivity index is 1.93. The van der Waals surface area contributed by atoms with Crippen molar-refractivity contribution in [3.05, 3.63) is 42.0 Å². The first kappa shape index (κ1) is 13.9. The molecule has 0 radical (unpaired) electrons. The summed E-state index contributed by atoms with van der Waals surface area (Å²) in [6, 6.07) is 9.87. The molecular formula is C17H22O2. The summed E-state index contributed by atoms with van der Waals surface area (Å²) in [7, 11) is 0. The fraction of sp³-hybridized carbons (Fsp3) is 0.471. The van der Waals surface area contributed by atoms with Gasteiger partial charge in [0, 0.05) is 18.1 Å². The van der Waals surface area contributed by atoms with Crippen molar-refractivity contribution in [2.45, 2.75) is 51.6 Å². The number of carbonyl (C=O) groups is 1. The van der Waals surface area contributed by atoms with Crippen LogP contribution in [0.5, 0.6) is 0 Å². The first-order valence-corrected chi connectivity index (χ1v) is 7.26. The molecule has 1 unspecified atom stereocenters. The number of benzene rings is 1. The molecule has 0 aliphatic carbocycles. The molecule has 0 saturated heterocycles. The lowest BCUT2D eigenvalue weighted by Gasteiger charge is -2.24. The van der Waals surface area contributed by atoms with E-state index in [0.717, 1.165) is 24.2 Å². The van der Waals surface area contributed by atoms with E-state index in [1.54, 1.807) is 6.08 Å². The van der Waals surface area contributed by atoms with Gasteiger partial charge in [0.1, 0.15) is 11.9 Å². The Hall–Kier alpha value is -1.57. The molecule has 1 aliphatic rings. The first-order chi connectivity index (χ1) is 9.29. The number of allylic oxidation sites excluding steroid dienone is 1. The molecule has 1 heterocycles. The maximum Gasteiger partial charge on any atom is 0.163 e. The van der Waals surface area contributed by atoms with Gasteiger partial charge in [-0.1, -0.05) is 56.5 Å². The Morgan fingerprint density at radius 2 is 1.95 bits per heavy atom. The molecule has 0 bridgehead atoms. The lowest BCUT2D eigenvalue weighted by atomic mass is 10.0. The van der Waals surface area contributed by atoms with Crippen LogP contribution in [0.1, 0.15) is 51.0 Å². The minimum absolute atomic E-state index is 0.0598. The molecule has 2 nitrogen and oxygen atoms in total. The average Bonchev–Trinajstić information content (AvgIpc) is 2.44. The van der Waals surface area contributed by atoms with Crippen molar-refractivity contribution < 1.29 is 9.53 Å². The zero-order valence-electron chi connectivity index (χ0n) is 11.6. The monoisotopic (exact) mass is 258 g/mol. The van der Waals surface area contributed by atoms with E-state index in [1.807, 2.05) is 30.3 Å². The summed E-state index contributed by atoms with van der Waals surface area (Å²) in [6.45, 7) is 2.21. The van der Waals surface area contributed by atoms with Crippen LogP contribution in [0.4, 0.5) is 0 Å². The van der Waals surface area contributed by atoms with E-state index in [9.17, 15) is 4.79 Å². The van der Waals surface area contributed by atoms with E-state index in [2.05, 4.69) is 6.92 Å². The van der Waals surface area contributed by atoms with Gasteiger partial charge in [-0.05, 0) is 12.8 Å². The van der Waals surface area contributed by atoms with Crippen molar-refractivity contribution in [1.82, 2.24) is 0 Å². The van der Waals surface area contributed by atoms with Crippen molar-refractivity contribution in [3.8, 4) is 0 Å². The molecule has 1 aliphatic heterocycles. The van der Waals surface area contributed by atoms with Gasteiger partial charge < -0.3 is 4.74 Å². The van der Waals surface area contributed by atoms with Gasteiger partial charge >= 0.3 is 0 Å². The van der Waals surface area contributed by atoms with Crippen LogP contribution >= 0.6 is 0 Å². The minimum atomic E-state index is 0.0598. The molecule has 19 heavy (non-hydrogen) atoms. The third kappa shape index (κ3) is 4.23. The minimum Gasteiger partial charge on any atom is -0.489 e. The number of unbranched alkanes of at least 4 members (excludes halogenated alkanes) is 3. The molecule has 2 rings (SSSR count). The van der Waals surface area contributed by atoms with Crippen LogP contribution in [-0.2, 0) is 9.53 Å². The van der Waals surface area contributed by atoms with Crippen LogP contribution in [0.25, 0.3) is 5.76 Å². The van der Waals surface area contributed by atoms with Crippen molar-refractivity contribution in [1.29, 1.82) is 0 Å². The number of hydrogen-bond acceptors (Lipinski definition) is 2. The molecule has 0 aromatic heterocycles. The second-order valence-electron chi connectivity index (χ2n) is 5.13. The quantitative estimate of drug-likeness (QED) is 0.709. The van der Waals surface area contributed by atoms with E-state index >= 15 is 0 Å². The molecule has 0 spiro atoms. The van der Waals surface area contributed by atoms with Gasteiger partial charge in [0.2, 0.25) is 0 Å². The molecule has 0 fully saturated rings. The van der Waals surface area contributed by atoms with E-state index < -0.39 is 0 Å². The normalized spacial score (nSPS) is 18.9. The van der Waals surface area contributed by atoms with Gasteiger partial charge in [0.25, 0.3) is 0 Å². The largest absolute Gasteiger partial charge is 0.489 e. The number of rotatable bonds is 6. The maximum absolute atomic E-state index is 11.8. The van der Waals surface area contributed by atoms with Crippen LogP contribution in [-0.4, -0.2) is 11.9 Å². The standard InChI is InChI=1S/C17H22O2/c1-2-3-4-8-11-16-12-15(18)13-17(19-16)14-9-6-5-7-10-14/h5-7,9-10,13,16H,2-4,8,11-12H2,1H3. The number of ketones is 1. The van der Waals surface area contributed by atoms with Crippen molar-refractivity contribution in [3.63, 3.8) is 0 Å². The van der Waals surface area contributed by atoms with E-state index in [4.69, 9.17) is 4.74 Å². The van der Waals surface area contributed by atoms with Crippen LogP contribution in [0, 0.1) is 0 Å². The molecular weight excluding hydrogens is 236 g/mol.